The number of anilines is 1. The van der Waals surface area contributed by atoms with E-state index in [9.17, 15) is 9.90 Å². The van der Waals surface area contributed by atoms with E-state index in [1.54, 1.807) is 17.6 Å². The number of carbonyl (C=O) groups excluding carboxylic acids is 1. The van der Waals surface area contributed by atoms with Gasteiger partial charge in [-0.1, -0.05) is 12.2 Å². The first kappa shape index (κ1) is 17.3. The zero-order valence-electron chi connectivity index (χ0n) is 14.2. The van der Waals surface area contributed by atoms with E-state index in [-0.39, 0.29) is 17.6 Å². The molecule has 0 amide bonds. The number of Topliss-reactive ketones (excluding diaryl/α,β-unsaturated/α-hetero) is 1. The number of ketones is 1. The predicted molar refractivity (Wildman–Crippen MR) is 93.2 cm³/mol. The van der Waals surface area contributed by atoms with E-state index >= 15 is 0 Å². The average Bonchev–Trinajstić information content (AvgIpc) is 3.05. The Morgan fingerprint density at radius 1 is 1.35 bits per heavy atom. The van der Waals surface area contributed by atoms with Gasteiger partial charge in [-0.15, -0.1) is 4.57 Å². The highest BCUT2D eigenvalue weighted by molar-refractivity contribution is 5.75. The quantitative estimate of drug-likeness (QED) is 0.476. The lowest BCUT2D eigenvalue weighted by atomic mass is 9.95. The summed E-state index contributed by atoms with van der Waals surface area (Å²) < 4.78 is 1.70. The van der Waals surface area contributed by atoms with Crippen LogP contribution in [0.4, 0.5) is 5.69 Å². The summed E-state index contributed by atoms with van der Waals surface area (Å²) in [7, 11) is 0. The molecule has 1 aliphatic heterocycles. The smallest absolute Gasteiger partial charge is 0.367 e. The van der Waals surface area contributed by atoms with Crippen LogP contribution in [0.2, 0.25) is 0 Å². The molecule has 1 atom stereocenters. The number of aromatic nitrogens is 1. The summed E-state index contributed by atoms with van der Waals surface area (Å²) in [6.07, 6.45) is 9.20. The molecule has 2 heterocycles. The second kappa shape index (κ2) is 7.95. The summed E-state index contributed by atoms with van der Waals surface area (Å²) in [5, 5.41) is 10.3. The lowest BCUT2D eigenvalue weighted by molar-refractivity contribution is -0.599. The van der Waals surface area contributed by atoms with Crippen LogP contribution in [0.1, 0.15) is 39.5 Å². The minimum Gasteiger partial charge on any atom is -0.460 e. The molecular weight excluding hydrogens is 288 g/mol. The van der Waals surface area contributed by atoms with E-state index in [0.29, 0.717) is 12.8 Å². The second-order valence-electron chi connectivity index (χ2n) is 6.38. The molecule has 1 aromatic heterocycles. The van der Waals surface area contributed by atoms with Crippen molar-refractivity contribution >= 4 is 17.4 Å². The van der Waals surface area contributed by atoms with Crippen molar-refractivity contribution in [2.24, 2.45) is 5.92 Å². The van der Waals surface area contributed by atoms with E-state index in [4.69, 9.17) is 0 Å². The SMILES string of the molecule is C=C(C)C(C=C(O)[n+]1ccc(N2CCCC2)cc1)CCC(C)=O. The molecule has 0 bridgehead atoms. The van der Waals surface area contributed by atoms with Gasteiger partial charge >= 0.3 is 5.88 Å². The molecule has 1 fully saturated rings. The van der Waals surface area contributed by atoms with Crippen LogP contribution in [0.25, 0.3) is 5.88 Å². The third kappa shape index (κ3) is 4.95. The van der Waals surface area contributed by atoms with Crippen molar-refractivity contribution in [2.45, 2.75) is 39.5 Å². The van der Waals surface area contributed by atoms with Crippen molar-refractivity contribution in [1.29, 1.82) is 0 Å². The number of aliphatic hydroxyl groups is 1. The normalized spacial score (nSPS) is 16.4. The van der Waals surface area contributed by atoms with Gasteiger partial charge in [0.15, 0.2) is 12.4 Å². The van der Waals surface area contributed by atoms with Crippen LogP contribution in [-0.2, 0) is 4.79 Å². The molecule has 0 aliphatic carbocycles. The first-order valence-electron chi connectivity index (χ1n) is 8.29. The fourth-order valence-electron chi connectivity index (χ4n) is 2.85. The molecule has 0 spiro atoms. The van der Waals surface area contributed by atoms with Gasteiger partial charge in [-0.05, 0) is 33.1 Å². The molecule has 1 aromatic rings. The molecule has 2 rings (SSSR count). The third-order valence-corrected chi connectivity index (χ3v) is 4.34. The summed E-state index contributed by atoms with van der Waals surface area (Å²) >= 11 is 0. The molecule has 1 N–H and O–H groups in total. The Hall–Kier alpha value is -2.10. The van der Waals surface area contributed by atoms with Crippen LogP contribution in [0, 0.1) is 5.92 Å². The molecule has 1 aliphatic rings. The number of pyridine rings is 1. The van der Waals surface area contributed by atoms with Crippen LogP contribution in [-0.4, -0.2) is 24.0 Å². The molecule has 23 heavy (non-hydrogen) atoms. The number of nitrogens with zero attached hydrogens (tertiary/aromatic N) is 2. The monoisotopic (exact) mass is 315 g/mol. The van der Waals surface area contributed by atoms with Gasteiger partial charge in [-0.3, -0.25) is 0 Å². The van der Waals surface area contributed by atoms with Crippen molar-refractivity contribution in [3.8, 4) is 0 Å². The van der Waals surface area contributed by atoms with Crippen LogP contribution < -0.4 is 9.47 Å². The predicted octanol–water partition coefficient (Wildman–Crippen LogP) is 3.49. The molecule has 1 saturated heterocycles. The van der Waals surface area contributed by atoms with Gasteiger partial charge < -0.3 is 14.8 Å². The molecule has 4 nitrogen and oxygen atoms in total. The maximum atomic E-state index is 11.2. The molecule has 0 aromatic carbocycles. The third-order valence-electron chi connectivity index (χ3n) is 4.34. The zero-order chi connectivity index (χ0) is 16.8. The molecule has 124 valence electrons. The number of aliphatic hydroxyl groups excluding tert-OH is 1. The van der Waals surface area contributed by atoms with Gasteiger partial charge in [-0.2, -0.15) is 0 Å². The molecule has 1 unspecified atom stereocenters. The maximum absolute atomic E-state index is 11.2. The Morgan fingerprint density at radius 3 is 2.48 bits per heavy atom. The maximum Gasteiger partial charge on any atom is 0.367 e. The topological polar surface area (TPSA) is 44.4 Å². The van der Waals surface area contributed by atoms with Crippen molar-refractivity contribution in [2.75, 3.05) is 18.0 Å². The lowest BCUT2D eigenvalue weighted by Crippen LogP contribution is -2.32. The largest absolute Gasteiger partial charge is 0.460 e. The van der Waals surface area contributed by atoms with Crippen LogP contribution in [0.5, 0.6) is 0 Å². The Labute approximate surface area is 138 Å². The molecule has 0 radical (unpaired) electrons. The lowest BCUT2D eigenvalue weighted by Gasteiger charge is -2.16. The Morgan fingerprint density at radius 2 is 1.96 bits per heavy atom. The van der Waals surface area contributed by atoms with Crippen molar-refractivity contribution in [3.63, 3.8) is 0 Å². The fourth-order valence-corrected chi connectivity index (χ4v) is 2.85. The Kier molecular flexibility index (Phi) is 5.97. The summed E-state index contributed by atoms with van der Waals surface area (Å²) in [5.41, 5.74) is 2.15. The van der Waals surface area contributed by atoms with Gasteiger partial charge in [0.1, 0.15) is 5.78 Å². The van der Waals surface area contributed by atoms with E-state index in [1.165, 1.54) is 18.5 Å². The minimum absolute atomic E-state index is 0.00431. The average molecular weight is 315 g/mol. The van der Waals surface area contributed by atoms with Gasteiger partial charge in [-0.25, -0.2) is 0 Å². The minimum atomic E-state index is 0.00431. The van der Waals surface area contributed by atoms with Crippen LogP contribution >= 0.6 is 0 Å². The molecule has 0 saturated carbocycles. The Bertz CT molecular complexity index is 584. The van der Waals surface area contributed by atoms with Crippen LogP contribution in [0.15, 0.2) is 42.8 Å². The van der Waals surface area contributed by atoms with E-state index in [2.05, 4.69) is 11.5 Å². The van der Waals surface area contributed by atoms with E-state index < -0.39 is 0 Å². The standard InChI is InChI=1S/C19H26N2O2/c1-15(2)17(7-6-16(3)22)14-19(23)21-12-8-18(9-13-21)20-10-4-5-11-20/h8-9,12-14,17H,1,4-7,10-11H2,2-3H3/p+1. The van der Waals surface area contributed by atoms with Crippen molar-refractivity contribution < 1.29 is 14.5 Å². The number of hydrogen-bond donors (Lipinski definition) is 1. The second-order valence-corrected chi connectivity index (χ2v) is 6.38. The number of rotatable bonds is 7. The summed E-state index contributed by atoms with van der Waals surface area (Å²) in [5.74, 6) is 0.339. The van der Waals surface area contributed by atoms with E-state index in [0.717, 1.165) is 18.7 Å². The molecule has 4 heteroatoms. The number of carbonyl (C=O) groups is 1. The van der Waals surface area contributed by atoms with Gasteiger partial charge in [0.05, 0.1) is 0 Å². The summed E-state index contributed by atoms with van der Waals surface area (Å²) in [6, 6.07) is 4.06. The molecular formula is C19H27N2O2+. The van der Waals surface area contributed by atoms with E-state index in [1.807, 2.05) is 31.5 Å². The van der Waals surface area contributed by atoms with Gasteiger partial charge in [0, 0.05) is 49.3 Å². The highest BCUT2D eigenvalue weighted by Gasteiger charge is 2.17. The highest BCUT2D eigenvalue weighted by atomic mass is 16.3. The van der Waals surface area contributed by atoms with Crippen LogP contribution in [0.3, 0.4) is 0 Å². The zero-order valence-corrected chi connectivity index (χ0v) is 14.2. The first-order valence-corrected chi connectivity index (χ1v) is 8.29. The number of allylic oxidation sites excluding steroid dienone is 2. The van der Waals surface area contributed by atoms with Crippen molar-refractivity contribution in [3.05, 3.63) is 42.8 Å². The highest BCUT2D eigenvalue weighted by Crippen LogP contribution is 2.20. The van der Waals surface area contributed by atoms with Gasteiger partial charge in [0.2, 0.25) is 0 Å². The first-order chi connectivity index (χ1) is 11.0. The summed E-state index contributed by atoms with van der Waals surface area (Å²) in [6.45, 7) is 9.69. The fraction of sp³-hybridized carbons (Fsp3) is 0.474. The van der Waals surface area contributed by atoms with Crippen molar-refractivity contribution in [1.82, 2.24) is 0 Å². The Balaban J connectivity index is 2.08. The number of hydrogen-bond acceptors (Lipinski definition) is 3. The van der Waals surface area contributed by atoms with Gasteiger partial charge in [0.25, 0.3) is 0 Å². The summed E-state index contributed by atoms with van der Waals surface area (Å²) in [4.78, 5) is 13.5.